The SMILES string of the molecule is Cc1c[nH]c(=O)c2cccn12. The molecule has 0 aliphatic carbocycles. The van der Waals surface area contributed by atoms with Crippen molar-refractivity contribution >= 4 is 5.52 Å². The molecule has 0 aliphatic rings. The van der Waals surface area contributed by atoms with Crippen LogP contribution in [0.3, 0.4) is 0 Å². The average Bonchev–Trinajstić information content (AvgIpc) is 2.45. The Morgan fingerprint density at radius 2 is 2.36 bits per heavy atom. The number of aromatic amines is 1. The molecule has 0 unspecified atom stereocenters. The Kier molecular flexibility index (Phi) is 1.12. The largest absolute Gasteiger partial charge is 0.326 e. The van der Waals surface area contributed by atoms with Crippen molar-refractivity contribution in [2.45, 2.75) is 6.92 Å². The lowest BCUT2D eigenvalue weighted by atomic mass is 10.4. The summed E-state index contributed by atoms with van der Waals surface area (Å²) in [6.45, 7) is 1.95. The topological polar surface area (TPSA) is 37.3 Å². The van der Waals surface area contributed by atoms with Crippen LogP contribution in [0, 0.1) is 6.92 Å². The van der Waals surface area contributed by atoms with Crippen molar-refractivity contribution in [1.82, 2.24) is 9.38 Å². The highest BCUT2D eigenvalue weighted by Crippen LogP contribution is 2.00. The predicted molar refractivity (Wildman–Crippen MR) is 42.8 cm³/mol. The first-order valence-electron chi connectivity index (χ1n) is 3.44. The van der Waals surface area contributed by atoms with Gasteiger partial charge in [0.1, 0.15) is 5.52 Å². The molecular formula is C8H8N2O. The number of nitrogens with one attached hydrogen (secondary N) is 1. The fourth-order valence-electron chi connectivity index (χ4n) is 1.19. The maximum absolute atomic E-state index is 11.1. The lowest BCUT2D eigenvalue weighted by Gasteiger charge is -1.96. The van der Waals surface area contributed by atoms with Crippen LogP contribution < -0.4 is 5.56 Å². The standard InChI is InChI=1S/C8H8N2O/c1-6-5-9-8(11)7-3-2-4-10(6)7/h2-5H,1H3,(H,9,11). The van der Waals surface area contributed by atoms with Gasteiger partial charge < -0.3 is 9.38 Å². The molecule has 2 heterocycles. The number of hydrogen-bond acceptors (Lipinski definition) is 1. The quantitative estimate of drug-likeness (QED) is 0.593. The number of H-pyrrole nitrogens is 1. The predicted octanol–water partition coefficient (Wildman–Crippen LogP) is 0.936. The molecule has 2 aromatic rings. The Hall–Kier alpha value is -1.51. The zero-order valence-corrected chi connectivity index (χ0v) is 6.16. The monoisotopic (exact) mass is 148 g/mol. The first kappa shape index (κ1) is 6.22. The number of aromatic nitrogens is 2. The van der Waals surface area contributed by atoms with Crippen molar-refractivity contribution in [2.75, 3.05) is 0 Å². The summed E-state index contributed by atoms with van der Waals surface area (Å²) in [5.74, 6) is 0. The number of rotatable bonds is 0. The lowest BCUT2D eigenvalue weighted by Crippen LogP contribution is -2.09. The minimum Gasteiger partial charge on any atom is -0.326 e. The van der Waals surface area contributed by atoms with Crippen LogP contribution in [0.1, 0.15) is 5.69 Å². The van der Waals surface area contributed by atoms with Crippen LogP contribution in [0.4, 0.5) is 0 Å². The zero-order valence-electron chi connectivity index (χ0n) is 6.16. The third-order valence-corrected chi connectivity index (χ3v) is 1.77. The van der Waals surface area contributed by atoms with Crippen molar-refractivity contribution in [3.05, 3.63) is 40.6 Å². The summed E-state index contributed by atoms with van der Waals surface area (Å²) in [6, 6.07) is 3.66. The molecule has 0 aliphatic heterocycles. The van der Waals surface area contributed by atoms with Gasteiger partial charge in [-0.05, 0) is 19.1 Å². The molecule has 1 N–H and O–H groups in total. The first-order valence-corrected chi connectivity index (χ1v) is 3.44. The van der Waals surface area contributed by atoms with Crippen LogP contribution in [0.15, 0.2) is 29.3 Å². The minimum atomic E-state index is -0.0411. The Morgan fingerprint density at radius 1 is 1.55 bits per heavy atom. The van der Waals surface area contributed by atoms with Gasteiger partial charge in [0.25, 0.3) is 5.56 Å². The van der Waals surface area contributed by atoms with Gasteiger partial charge >= 0.3 is 0 Å². The van der Waals surface area contributed by atoms with Crippen molar-refractivity contribution in [3.8, 4) is 0 Å². The molecule has 0 atom stereocenters. The molecule has 0 amide bonds. The maximum atomic E-state index is 11.1. The highest BCUT2D eigenvalue weighted by Gasteiger charge is 1.97. The first-order chi connectivity index (χ1) is 5.29. The number of fused-ring (bicyclic) bond motifs is 1. The van der Waals surface area contributed by atoms with E-state index in [0.717, 1.165) is 5.69 Å². The molecule has 0 aromatic carbocycles. The van der Waals surface area contributed by atoms with Gasteiger partial charge in [-0.3, -0.25) is 4.79 Å². The maximum Gasteiger partial charge on any atom is 0.272 e. The van der Waals surface area contributed by atoms with E-state index in [1.165, 1.54) is 0 Å². The smallest absolute Gasteiger partial charge is 0.272 e. The summed E-state index contributed by atoms with van der Waals surface area (Å²) in [7, 11) is 0. The third-order valence-electron chi connectivity index (χ3n) is 1.77. The van der Waals surface area contributed by atoms with Gasteiger partial charge in [0, 0.05) is 18.1 Å². The molecule has 0 spiro atoms. The highest BCUT2D eigenvalue weighted by atomic mass is 16.1. The number of hydrogen-bond donors (Lipinski definition) is 1. The van der Waals surface area contributed by atoms with Gasteiger partial charge in [0.15, 0.2) is 0 Å². The second-order valence-electron chi connectivity index (χ2n) is 2.52. The molecule has 0 saturated carbocycles. The average molecular weight is 148 g/mol. The van der Waals surface area contributed by atoms with E-state index in [9.17, 15) is 4.79 Å². The van der Waals surface area contributed by atoms with Gasteiger partial charge in [-0.1, -0.05) is 0 Å². The van der Waals surface area contributed by atoms with E-state index in [4.69, 9.17) is 0 Å². The molecule has 2 rings (SSSR count). The normalized spacial score (nSPS) is 10.6. The molecule has 0 fully saturated rings. The van der Waals surface area contributed by atoms with Crippen LogP contribution in [-0.4, -0.2) is 9.38 Å². The Labute approximate surface area is 63.3 Å². The van der Waals surface area contributed by atoms with Crippen molar-refractivity contribution in [1.29, 1.82) is 0 Å². The van der Waals surface area contributed by atoms with Gasteiger partial charge in [0.05, 0.1) is 0 Å². The van der Waals surface area contributed by atoms with E-state index in [2.05, 4.69) is 4.98 Å². The summed E-state index contributed by atoms with van der Waals surface area (Å²) in [6.07, 6.45) is 3.58. The Bertz CT molecular complexity index is 439. The Morgan fingerprint density at radius 3 is 3.09 bits per heavy atom. The highest BCUT2D eigenvalue weighted by molar-refractivity contribution is 5.45. The lowest BCUT2D eigenvalue weighted by molar-refractivity contribution is 1.03. The van der Waals surface area contributed by atoms with E-state index in [0.29, 0.717) is 5.52 Å². The summed E-state index contributed by atoms with van der Waals surface area (Å²) >= 11 is 0. The molecule has 3 heteroatoms. The zero-order chi connectivity index (χ0) is 7.84. The van der Waals surface area contributed by atoms with Crippen LogP contribution in [0.25, 0.3) is 5.52 Å². The molecular weight excluding hydrogens is 140 g/mol. The fourth-order valence-corrected chi connectivity index (χ4v) is 1.19. The van der Waals surface area contributed by atoms with Gasteiger partial charge in [0.2, 0.25) is 0 Å². The van der Waals surface area contributed by atoms with Crippen LogP contribution >= 0.6 is 0 Å². The molecule has 0 bridgehead atoms. The molecule has 0 radical (unpaired) electrons. The van der Waals surface area contributed by atoms with Gasteiger partial charge in [-0.25, -0.2) is 0 Å². The third kappa shape index (κ3) is 0.774. The second kappa shape index (κ2) is 1.99. The van der Waals surface area contributed by atoms with Crippen molar-refractivity contribution in [3.63, 3.8) is 0 Å². The van der Waals surface area contributed by atoms with E-state index < -0.39 is 0 Å². The summed E-state index contributed by atoms with van der Waals surface area (Å²) < 4.78 is 1.86. The van der Waals surface area contributed by atoms with Crippen molar-refractivity contribution in [2.24, 2.45) is 0 Å². The summed E-state index contributed by atoms with van der Waals surface area (Å²) in [4.78, 5) is 13.8. The van der Waals surface area contributed by atoms with Gasteiger partial charge in [-0.15, -0.1) is 0 Å². The Balaban J connectivity index is 3.08. The molecule has 11 heavy (non-hydrogen) atoms. The van der Waals surface area contributed by atoms with E-state index in [1.807, 2.05) is 23.6 Å². The molecule has 56 valence electrons. The van der Waals surface area contributed by atoms with E-state index in [1.54, 1.807) is 12.3 Å². The fraction of sp³-hybridized carbons (Fsp3) is 0.125. The summed E-state index contributed by atoms with van der Waals surface area (Å²) in [5, 5.41) is 0. The van der Waals surface area contributed by atoms with E-state index in [-0.39, 0.29) is 5.56 Å². The van der Waals surface area contributed by atoms with Crippen LogP contribution in [0.5, 0.6) is 0 Å². The summed E-state index contributed by atoms with van der Waals surface area (Å²) in [5.41, 5.74) is 1.69. The van der Waals surface area contributed by atoms with E-state index >= 15 is 0 Å². The van der Waals surface area contributed by atoms with Crippen LogP contribution in [0.2, 0.25) is 0 Å². The number of nitrogens with zero attached hydrogens (tertiary/aromatic N) is 1. The van der Waals surface area contributed by atoms with Crippen molar-refractivity contribution < 1.29 is 0 Å². The molecule has 3 nitrogen and oxygen atoms in total. The second-order valence-corrected chi connectivity index (χ2v) is 2.52. The van der Waals surface area contributed by atoms with Crippen LogP contribution in [-0.2, 0) is 0 Å². The molecule has 0 saturated heterocycles. The molecule has 2 aromatic heterocycles. The van der Waals surface area contributed by atoms with Gasteiger partial charge in [-0.2, -0.15) is 0 Å². The number of aryl methyl sites for hydroxylation is 1. The minimum absolute atomic E-state index is 0.0411.